The number of likely N-dealkylation sites (N-methyl/N-ethyl adjacent to an activating group) is 1. The van der Waals surface area contributed by atoms with Crippen LogP contribution in [0.15, 0.2) is 83.8 Å². The molecule has 0 fully saturated rings. The molecule has 0 saturated carbocycles. The van der Waals surface area contributed by atoms with E-state index in [9.17, 15) is 22.4 Å². The fourth-order valence-electron chi connectivity index (χ4n) is 3.58. The number of anilines is 1. The van der Waals surface area contributed by atoms with Crippen molar-refractivity contribution in [1.82, 2.24) is 10.2 Å². The summed E-state index contributed by atoms with van der Waals surface area (Å²) in [5.41, 5.74) is 1.36. The summed E-state index contributed by atoms with van der Waals surface area (Å²) in [6.45, 7) is 2.76. The highest BCUT2D eigenvalue weighted by molar-refractivity contribution is 7.92. The van der Waals surface area contributed by atoms with Crippen LogP contribution in [0.5, 0.6) is 0 Å². The zero-order valence-electron chi connectivity index (χ0n) is 19.8. The van der Waals surface area contributed by atoms with Gasteiger partial charge in [-0.15, -0.1) is 0 Å². The number of aryl methyl sites for hydroxylation is 1. The topological polar surface area (TPSA) is 86.8 Å². The molecule has 0 saturated heterocycles. The number of para-hydroxylation sites is 1. The molecule has 0 aromatic heterocycles. The van der Waals surface area contributed by atoms with Gasteiger partial charge in [0.2, 0.25) is 11.8 Å². The zero-order chi connectivity index (χ0) is 25.6. The van der Waals surface area contributed by atoms with E-state index in [0.29, 0.717) is 0 Å². The van der Waals surface area contributed by atoms with Crippen LogP contribution in [0, 0.1) is 12.7 Å². The number of hydrogen-bond acceptors (Lipinski definition) is 4. The molecule has 9 heteroatoms. The highest BCUT2D eigenvalue weighted by Gasteiger charge is 2.33. The van der Waals surface area contributed by atoms with Crippen LogP contribution in [0.1, 0.15) is 18.1 Å². The summed E-state index contributed by atoms with van der Waals surface area (Å²) in [7, 11) is -2.85. The van der Waals surface area contributed by atoms with Gasteiger partial charge in [-0.1, -0.05) is 60.2 Å². The largest absolute Gasteiger partial charge is 0.357 e. The Morgan fingerprint density at radius 3 is 2.14 bits per heavy atom. The lowest BCUT2D eigenvalue weighted by atomic mass is 10.1. The molecule has 0 aliphatic rings. The highest BCUT2D eigenvalue weighted by Crippen LogP contribution is 2.27. The van der Waals surface area contributed by atoms with Crippen molar-refractivity contribution in [2.75, 3.05) is 17.9 Å². The van der Waals surface area contributed by atoms with Gasteiger partial charge in [0.25, 0.3) is 10.0 Å². The van der Waals surface area contributed by atoms with Crippen molar-refractivity contribution < 1.29 is 22.4 Å². The van der Waals surface area contributed by atoms with E-state index < -0.39 is 40.2 Å². The van der Waals surface area contributed by atoms with Crippen molar-refractivity contribution in [1.29, 1.82) is 0 Å². The summed E-state index contributed by atoms with van der Waals surface area (Å²) < 4.78 is 42.7. The van der Waals surface area contributed by atoms with Crippen LogP contribution >= 0.6 is 0 Å². The molecule has 0 aliphatic heterocycles. The third kappa shape index (κ3) is 6.05. The third-order valence-corrected chi connectivity index (χ3v) is 7.39. The fraction of sp³-hybridized carbons (Fsp3) is 0.231. The van der Waals surface area contributed by atoms with Crippen molar-refractivity contribution in [2.45, 2.75) is 31.3 Å². The minimum atomic E-state index is -4.30. The summed E-state index contributed by atoms with van der Waals surface area (Å²) in [4.78, 5) is 27.2. The average molecular weight is 498 g/mol. The van der Waals surface area contributed by atoms with Crippen LogP contribution in [0.3, 0.4) is 0 Å². The molecule has 1 N–H and O–H groups in total. The van der Waals surface area contributed by atoms with E-state index in [1.54, 1.807) is 43.3 Å². The van der Waals surface area contributed by atoms with Crippen LogP contribution < -0.4 is 9.62 Å². The lowest BCUT2D eigenvalue weighted by Crippen LogP contribution is -2.50. The normalized spacial score (nSPS) is 12.0. The molecule has 1 atom stereocenters. The molecule has 184 valence electrons. The molecular formula is C26H28FN3O4S. The zero-order valence-corrected chi connectivity index (χ0v) is 20.6. The molecule has 0 bridgehead atoms. The summed E-state index contributed by atoms with van der Waals surface area (Å²) in [6.07, 6.45) is 0. The molecule has 35 heavy (non-hydrogen) atoms. The summed E-state index contributed by atoms with van der Waals surface area (Å²) in [6, 6.07) is 19.6. The molecule has 0 aliphatic carbocycles. The Hall–Kier alpha value is -3.72. The van der Waals surface area contributed by atoms with Crippen molar-refractivity contribution >= 4 is 27.5 Å². The third-order valence-electron chi connectivity index (χ3n) is 5.62. The van der Waals surface area contributed by atoms with Gasteiger partial charge in [0.15, 0.2) is 0 Å². The first-order valence-corrected chi connectivity index (χ1v) is 12.5. The molecule has 2 amide bonds. The predicted octanol–water partition coefficient (Wildman–Crippen LogP) is 3.49. The summed E-state index contributed by atoms with van der Waals surface area (Å²) >= 11 is 0. The van der Waals surface area contributed by atoms with Gasteiger partial charge in [-0.25, -0.2) is 12.8 Å². The van der Waals surface area contributed by atoms with Gasteiger partial charge in [0.05, 0.1) is 10.6 Å². The van der Waals surface area contributed by atoms with E-state index in [4.69, 9.17) is 0 Å². The maximum absolute atomic E-state index is 14.8. The molecule has 0 heterocycles. The van der Waals surface area contributed by atoms with Crippen LogP contribution in [0.4, 0.5) is 10.1 Å². The molecule has 0 spiro atoms. The minimum Gasteiger partial charge on any atom is -0.357 e. The Morgan fingerprint density at radius 2 is 1.54 bits per heavy atom. The molecule has 0 unspecified atom stereocenters. The lowest BCUT2D eigenvalue weighted by molar-refractivity contribution is -0.139. The number of carbonyl (C=O) groups excluding carboxylic acids is 2. The van der Waals surface area contributed by atoms with Gasteiger partial charge in [0, 0.05) is 13.6 Å². The molecule has 3 aromatic rings. The van der Waals surface area contributed by atoms with Gasteiger partial charge >= 0.3 is 0 Å². The van der Waals surface area contributed by atoms with Crippen molar-refractivity contribution in [3.8, 4) is 0 Å². The smallest absolute Gasteiger partial charge is 0.264 e. The first-order chi connectivity index (χ1) is 16.6. The fourth-order valence-corrected chi connectivity index (χ4v) is 5.00. The molecule has 3 rings (SSSR count). The number of nitrogens with zero attached hydrogens (tertiary/aromatic N) is 2. The van der Waals surface area contributed by atoms with Crippen molar-refractivity contribution in [2.24, 2.45) is 0 Å². The Bertz CT molecular complexity index is 1280. The maximum atomic E-state index is 14.8. The van der Waals surface area contributed by atoms with Gasteiger partial charge in [-0.3, -0.25) is 13.9 Å². The summed E-state index contributed by atoms with van der Waals surface area (Å²) in [5, 5.41) is 2.52. The van der Waals surface area contributed by atoms with Gasteiger partial charge in [0.1, 0.15) is 18.4 Å². The van der Waals surface area contributed by atoms with E-state index in [2.05, 4.69) is 5.32 Å². The number of nitrogens with one attached hydrogen (secondary N) is 1. The number of benzene rings is 3. The Morgan fingerprint density at radius 1 is 0.943 bits per heavy atom. The maximum Gasteiger partial charge on any atom is 0.264 e. The standard InChI is InChI=1S/C26H28FN3O4S/c1-19-13-15-22(16-14-19)35(33,34)30(24-12-8-7-11-23(24)27)18-25(31)29(20(2)26(32)28-3)17-21-9-5-4-6-10-21/h4-16,20H,17-18H2,1-3H3,(H,28,32)/t20-/m0/s1. The second kappa shape index (κ2) is 11.1. The number of sulfonamides is 1. The lowest BCUT2D eigenvalue weighted by Gasteiger charge is -2.31. The van der Waals surface area contributed by atoms with Gasteiger partial charge in [-0.05, 0) is 43.7 Å². The number of carbonyl (C=O) groups is 2. The van der Waals surface area contributed by atoms with Crippen LogP contribution in [-0.2, 0) is 26.2 Å². The Labute approximate surface area is 205 Å². The van der Waals surface area contributed by atoms with Crippen LogP contribution in [0.2, 0.25) is 0 Å². The summed E-state index contributed by atoms with van der Waals surface area (Å²) in [5.74, 6) is -1.85. The van der Waals surface area contributed by atoms with E-state index in [1.807, 2.05) is 13.0 Å². The number of hydrogen-bond donors (Lipinski definition) is 1. The first-order valence-electron chi connectivity index (χ1n) is 11.0. The highest BCUT2D eigenvalue weighted by atomic mass is 32.2. The van der Waals surface area contributed by atoms with Gasteiger partial charge in [-0.2, -0.15) is 0 Å². The van der Waals surface area contributed by atoms with Gasteiger partial charge < -0.3 is 10.2 Å². The average Bonchev–Trinajstić information content (AvgIpc) is 2.86. The Balaban J connectivity index is 2.04. The van der Waals surface area contributed by atoms with Crippen LogP contribution in [-0.4, -0.2) is 44.8 Å². The minimum absolute atomic E-state index is 0.0734. The van der Waals surface area contributed by atoms with Crippen molar-refractivity contribution in [3.05, 3.63) is 95.8 Å². The number of halogens is 1. The van der Waals surface area contributed by atoms with E-state index in [-0.39, 0.29) is 17.1 Å². The molecular weight excluding hydrogens is 469 g/mol. The predicted molar refractivity (Wildman–Crippen MR) is 133 cm³/mol. The van der Waals surface area contributed by atoms with Crippen molar-refractivity contribution in [3.63, 3.8) is 0 Å². The van der Waals surface area contributed by atoms with E-state index in [0.717, 1.165) is 21.5 Å². The second-order valence-electron chi connectivity index (χ2n) is 8.07. The quantitative estimate of drug-likeness (QED) is 0.490. The molecule has 3 aromatic carbocycles. The SMILES string of the molecule is CNC(=O)[C@H](C)N(Cc1ccccc1)C(=O)CN(c1ccccc1F)S(=O)(=O)c1ccc(C)cc1. The number of amides is 2. The first kappa shape index (κ1) is 25.9. The molecule has 7 nitrogen and oxygen atoms in total. The Kier molecular flexibility index (Phi) is 8.24. The second-order valence-corrected chi connectivity index (χ2v) is 9.94. The van der Waals surface area contributed by atoms with E-state index >= 15 is 0 Å². The number of rotatable bonds is 9. The van der Waals surface area contributed by atoms with E-state index in [1.165, 1.54) is 42.3 Å². The molecule has 0 radical (unpaired) electrons. The monoisotopic (exact) mass is 497 g/mol. The van der Waals surface area contributed by atoms with Crippen LogP contribution in [0.25, 0.3) is 0 Å².